The second kappa shape index (κ2) is 16.8. The first-order valence-corrected chi connectivity index (χ1v) is 19.1. The largest absolute Gasteiger partial charge is 0.311 e. The van der Waals surface area contributed by atoms with Gasteiger partial charge in [-0.1, -0.05) is 199 Å². The van der Waals surface area contributed by atoms with E-state index in [9.17, 15) is 30.2 Å². The Labute approximate surface area is 447 Å². The number of anilines is 3. The van der Waals surface area contributed by atoms with E-state index in [1.807, 2.05) is 0 Å². The summed E-state index contributed by atoms with van der Waals surface area (Å²) in [5.41, 5.74) is -17.0. The predicted molar refractivity (Wildman–Crippen MR) is 280 cm³/mol. The van der Waals surface area contributed by atoms with E-state index in [-0.39, 0.29) is 4.90 Å². The monoisotopic (exact) mass is 885 g/mol. The van der Waals surface area contributed by atoms with Crippen LogP contribution in [0.2, 0.25) is 0 Å². The van der Waals surface area contributed by atoms with Crippen LogP contribution in [0.25, 0.3) is 93.9 Å². The minimum Gasteiger partial charge on any atom is -0.311 e. The van der Waals surface area contributed by atoms with Crippen molar-refractivity contribution in [3.05, 3.63) is 266 Å². The summed E-state index contributed by atoms with van der Waals surface area (Å²) in [7, 11) is 0. The summed E-state index contributed by atoms with van der Waals surface area (Å²) in [6, 6.07) is -51.3. The number of para-hydroxylation sites is 1. The molecule has 2 heteroatoms. The SMILES string of the molecule is [2H]c1c([2H])c([2H])c(-c2c([2H])c([2H])c(-c3c([2H])c([2H])c(N(c4c([2H])c([2H])c(-c5c([2H])c([2H])c([2H])c([2H])c5-c5c([2H])c([2H])c([2H])c([2H])c5[2H])c([2H])c4[2H])c4c([2H])c([2H])c(-c5c([2H])c([2H])c6c(c5[2H])c5c([2H])c([2H])c([2H])c([2H])c5n6-c5c([2H])c([2H])c6c([2H])c([2H])c([2H])c([2H])c6c5[2H])c([2H])c4[2H])c([2H])c3[2H])c([2H])c2[2H])c([2H])c1[2H]. The van der Waals surface area contributed by atoms with Crippen molar-refractivity contribution < 1.29 is 60.3 Å². The van der Waals surface area contributed by atoms with Gasteiger partial charge in [0.2, 0.25) is 0 Å². The molecule has 0 saturated carbocycles. The van der Waals surface area contributed by atoms with Gasteiger partial charge in [-0.2, -0.15) is 0 Å². The Morgan fingerprint density at radius 3 is 1.29 bits per heavy atom. The van der Waals surface area contributed by atoms with Crippen LogP contribution in [0.3, 0.4) is 0 Å². The number of benzene rings is 11. The Balaban J connectivity index is 1.21. The predicted octanol–water partition coefficient (Wildman–Crippen LogP) is 17.7. The van der Waals surface area contributed by atoms with Crippen LogP contribution in [0.1, 0.15) is 60.3 Å². The molecule has 0 amide bonds. The molecule has 0 atom stereocenters. The maximum atomic E-state index is 9.95. The lowest BCUT2D eigenvalue weighted by atomic mass is 9.94. The van der Waals surface area contributed by atoms with Gasteiger partial charge in [-0.25, -0.2) is 0 Å². The molecule has 0 aliphatic heterocycles. The highest BCUT2D eigenvalue weighted by atomic mass is 15.1. The molecule has 0 radical (unpaired) electrons. The molecule has 12 rings (SSSR count). The van der Waals surface area contributed by atoms with Gasteiger partial charge in [0.25, 0.3) is 0 Å². The lowest BCUT2D eigenvalue weighted by Crippen LogP contribution is -2.09. The molecule has 1 aromatic heterocycles. The molecule has 66 heavy (non-hydrogen) atoms. The van der Waals surface area contributed by atoms with E-state index in [4.69, 9.17) is 30.2 Å². The zero-order valence-electron chi connectivity index (χ0n) is 76.9. The van der Waals surface area contributed by atoms with Crippen LogP contribution < -0.4 is 4.90 Å². The van der Waals surface area contributed by atoms with Crippen LogP contribution >= 0.6 is 0 Å². The summed E-state index contributed by atoms with van der Waals surface area (Å²) in [6.07, 6.45) is 0. The molecule has 0 aliphatic rings. The minimum absolute atomic E-state index is 0.126. The summed E-state index contributed by atoms with van der Waals surface area (Å²) >= 11 is 0. The van der Waals surface area contributed by atoms with E-state index in [1.165, 1.54) is 0 Å². The van der Waals surface area contributed by atoms with Crippen molar-refractivity contribution in [2.45, 2.75) is 0 Å². The lowest BCUT2D eigenvalue weighted by Gasteiger charge is -2.26. The Morgan fingerprint density at radius 2 is 0.682 bits per heavy atom. The van der Waals surface area contributed by atoms with Crippen molar-refractivity contribution in [3.63, 3.8) is 0 Å². The van der Waals surface area contributed by atoms with Gasteiger partial charge in [-0.3, -0.25) is 0 Å². The molecule has 310 valence electrons. The molecule has 1 heterocycles. The third-order valence-electron chi connectivity index (χ3n) is 9.69. The number of fused-ring (bicyclic) bond motifs is 4. The second-order valence-corrected chi connectivity index (χ2v) is 13.5. The first-order valence-electron chi connectivity index (χ1n) is 41.1. The van der Waals surface area contributed by atoms with E-state index in [0.717, 1.165) is 0 Å². The third-order valence-corrected chi connectivity index (χ3v) is 9.69. The fourth-order valence-corrected chi connectivity index (χ4v) is 6.71. The molecule has 11 aromatic carbocycles. The van der Waals surface area contributed by atoms with Crippen LogP contribution in [0.15, 0.2) is 266 Å². The van der Waals surface area contributed by atoms with Gasteiger partial charge in [0.15, 0.2) is 0 Å². The van der Waals surface area contributed by atoms with Gasteiger partial charge >= 0.3 is 0 Å². The van der Waals surface area contributed by atoms with Crippen LogP contribution in [0, 0.1) is 0 Å². The van der Waals surface area contributed by atoms with Gasteiger partial charge in [-0.05, 0) is 133 Å². The first kappa shape index (κ1) is 14.4. The van der Waals surface area contributed by atoms with Crippen molar-refractivity contribution >= 4 is 49.6 Å². The Hall–Kier alpha value is -8.72. The number of hydrogen-bond donors (Lipinski definition) is 0. The summed E-state index contributed by atoms with van der Waals surface area (Å²) < 4.78 is 402. The molecule has 2 nitrogen and oxygen atoms in total. The fourth-order valence-electron chi connectivity index (χ4n) is 6.71. The summed E-state index contributed by atoms with van der Waals surface area (Å²) in [5.74, 6) is 0. The molecular formula is C64H44N2. The van der Waals surface area contributed by atoms with Crippen LogP contribution in [0.4, 0.5) is 17.1 Å². The second-order valence-electron chi connectivity index (χ2n) is 13.5. The summed E-state index contributed by atoms with van der Waals surface area (Å²) in [5, 5.41) is -2.88. The summed E-state index contributed by atoms with van der Waals surface area (Å²) in [4.78, 5) is 0.126. The van der Waals surface area contributed by atoms with Crippen molar-refractivity contribution in [2.75, 3.05) is 4.90 Å². The quantitative estimate of drug-likeness (QED) is 0.140. The average Bonchev–Trinajstić information content (AvgIpc) is 1.48. The Morgan fingerprint density at radius 1 is 0.273 bits per heavy atom. The minimum atomic E-state index is -1.51. The van der Waals surface area contributed by atoms with E-state index >= 15 is 0 Å². The van der Waals surface area contributed by atoms with E-state index in [2.05, 4.69) is 0 Å². The van der Waals surface area contributed by atoms with Gasteiger partial charge in [0.05, 0.1) is 71.3 Å². The molecule has 0 bridgehead atoms. The van der Waals surface area contributed by atoms with Crippen LogP contribution in [-0.4, -0.2) is 4.57 Å². The molecule has 0 unspecified atom stereocenters. The highest BCUT2D eigenvalue weighted by molar-refractivity contribution is 6.10. The van der Waals surface area contributed by atoms with Gasteiger partial charge < -0.3 is 9.47 Å². The zero-order valence-corrected chi connectivity index (χ0v) is 32.9. The molecule has 0 N–H and O–H groups in total. The fraction of sp³-hybridized carbons (Fsp3) is 0. The van der Waals surface area contributed by atoms with Crippen LogP contribution in [-0.2, 0) is 0 Å². The van der Waals surface area contributed by atoms with E-state index in [0.29, 0.717) is 4.57 Å². The number of rotatable bonds is 9. The first-order chi connectivity index (χ1) is 51.1. The van der Waals surface area contributed by atoms with Crippen LogP contribution in [0.5, 0.6) is 0 Å². The molecule has 0 aliphatic carbocycles. The highest BCUT2D eigenvalue weighted by Gasteiger charge is 2.17. The Kier molecular flexibility index (Phi) is 3.66. The maximum absolute atomic E-state index is 9.95. The van der Waals surface area contributed by atoms with Crippen molar-refractivity contribution in [2.24, 2.45) is 0 Å². The lowest BCUT2D eigenvalue weighted by molar-refractivity contribution is 1.19. The van der Waals surface area contributed by atoms with Crippen molar-refractivity contribution in [3.8, 4) is 61.3 Å². The third kappa shape index (κ3) is 7.21. The molecule has 0 spiro atoms. The normalized spacial score (nSPS) is 20.7. The number of hydrogen-bond acceptors (Lipinski definition) is 1. The molecule has 0 fully saturated rings. The molecular weight excluding hydrogens is 797 g/mol. The van der Waals surface area contributed by atoms with Gasteiger partial charge in [-0.15, -0.1) is 0 Å². The smallest absolute Gasteiger partial charge is 0.0651 e. The molecule has 12 aromatic rings. The topological polar surface area (TPSA) is 8.17 Å². The van der Waals surface area contributed by atoms with E-state index < -0.39 is 377 Å². The summed E-state index contributed by atoms with van der Waals surface area (Å²) in [6.45, 7) is 0. The van der Waals surface area contributed by atoms with Crippen molar-refractivity contribution in [1.82, 2.24) is 4.57 Å². The van der Waals surface area contributed by atoms with Gasteiger partial charge in [0.1, 0.15) is 0 Å². The van der Waals surface area contributed by atoms with Crippen molar-refractivity contribution in [1.29, 1.82) is 0 Å². The number of nitrogens with zero attached hydrogens (tertiary/aromatic N) is 2. The highest BCUT2D eigenvalue weighted by Crippen LogP contribution is 2.41. The molecule has 0 saturated heterocycles. The van der Waals surface area contributed by atoms with Gasteiger partial charge in [0, 0.05) is 33.5 Å². The maximum Gasteiger partial charge on any atom is 0.0651 e. The standard InChI is InChI=1S/C64H44N2/c1-3-13-45(14-4-1)47-23-25-48(26-24-47)49-27-35-55(36-28-49)65(57-39-32-52(33-40-57)60-20-10-9-19-59(60)51-16-5-2-6-17-51)56-37-29-50(30-38-56)54-34-42-64-62(44-54)61-21-11-12-22-63(61)66(64)58-41-31-46-15-7-8-18-53(46)43-58/h1-44H/i1D,2D,3D,4D,5D,6D,7D,8D,9D,10D,11D,12D,13D,14D,15D,16D,17D,18D,19D,20D,21D,22D,23D,24D,25D,26D,27D,28D,29D,30D,31D,32D,33D,34D,35D,36D,37D,38D,39D,40D,41D,42D,43D,44D. The number of aromatic nitrogens is 1. The van der Waals surface area contributed by atoms with E-state index in [1.54, 1.807) is 0 Å². The Bertz CT molecular complexity index is 6160. The zero-order chi connectivity index (χ0) is 82.1. The average molecular weight is 885 g/mol.